The maximum atomic E-state index is 13.6. The van der Waals surface area contributed by atoms with Gasteiger partial charge in [0.25, 0.3) is 0 Å². The lowest BCUT2D eigenvalue weighted by molar-refractivity contribution is 0.0526. The molecule has 6 heteroatoms. The second-order valence-corrected chi connectivity index (χ2v) is 7.39. The van der Waals surface area contributed by atoms with E-state index in [0.29, 0.717) is 0 Å². The summed E-state index contributed by atoms with van der Waals surface area (Å²) in [5, 5.41) is 2.57. The summed E-state index contributed by atoms with van der Waals surface area (Å²) in [6, 6.07) is 19.8. The molecule has 0 bridgehead atoms. The summed E-state index contributed by atoms with van der Waals surface area (Å²) in [4.78, 5) is 24.2. The van der Waals surface area contributed by atoms with Gasteiger partial charge >= 0.3 is 12.1 Å². The molecule has 0 heterocycles. The van der Waals surface area contributed by atoms with E-state index in [2.05, 4.69) is 29.3 Å². The maximum absolute atomic E-state index is 13.6. The van der Waals surface area contributed by atoms with E-state index in [4.69, 9.17) is 9.47 Å². The van der Waals surface area contributed by atoms with Gasteiger partial charge in [0, 0.05) is 11.5 Å². The number of alkyl carbamates (subject to hydrolysis) is 1. The Morgan fingerprint density at radius 1 is 0.970 bits per heavy atom. The van der Waals surface area contributed by atoms with E-state index in [1.54, 1.807) is 6.92 Å². The van der Waals surface area contributed by atoms with Crippen LogP contribution in [0.15, 0.2) is 66.7 Å². The Bertz CT molecular complexity index is 1210. The van der Waals surface area contributed by atoms with Gasteiger partial charge < -0.3 is 14.8 Å². The van der Waals surface area contributed by atoms with Crippen LogP contribution >= 0.6 is 0 Å². The van der Waals surface area contributed by atoms with Crippen LogP contribution < -0.4 is 5.32 Å². The fraction of sp³-hybridized carbons (Fsp3) is 0.185. The van der Waals surface area contributed by atoms with Gasteiger partial charge in [0.1, 0.15) is 12.4 Å². The highest BCUT2D eigenvalue weighted by atomic mass is 19.1. The zero-order chi connectivity index (χ0) is 23.2. The van der Waals surface area contributed by atoms with Crippen LogP contribution in [-0.2, 0) is 9.47 Å². The minimum absolute atomic E-state index is 0.0184. The molecule has 0 atom stereocenters. The summed E-state index contributed by atoms with van der Waals surface area (Å²) in [6.07, 6.45) is -0.601. The van der Waals surface area contributed by atoms with E-state index in [9.17, 15) is 14.0 Å². The molecular weight excluding hydrogens is 421 g/mol. The van der Waals surface area contributed by atoms with Gasteiger partial charge in [-0.25, -0.2) is 14.0 Å². The van der Waals surface area contributed by atoms with Gasteiger partial charge in [0.05, 0.1) is 18.7 Å². The molecule has 1 aliphatic carbocycles. The lowest BCUT2D eigenvalue weighted by atomic mass is 9.98. The number of hydrogen-bond acceptors (Lipinski definition) is 4. The van der Waals surface area contributed by atoms with Crippen LogP contribution in [-0.4, -0.2) is 31.8 Å². The minimum atomic E-state index is -0.601. The van der Waals surface area contributed by atoms with Crippen LogP contribution in [0, 0.1) is 17.7 Å². The highest BCUT2D eigenvalue weighted by Crippen LogP contribution is 2.44. The average Bonchev–Trinajstić information content (AvgIpc) is 3.14. The van der Waals surface area contributed by atoms with Gasteiger partial charge in [-0.15, -0.1) is 0 Å². The maximum Gasteiger partial charge on any atom is 0.407 e. The molecule has 0 aliphatic heterocycles. The van der Waals surface area contributed by atoms with Gasteiger partial charge in [0.15, 0.2) is 0 Å². The summed E-state index contributed by atoms with van der Waals surface area (Å²) < 4.78 is 24.0. The van der Waals surface area contributed by atoms with Crippen LogP contribution in [0.5, 0.6) is 0 Å². The molecule has 3 aromatic rings. The van der Waals surface area contributed by atoms with E-state index in [0.717, 1.165) is 28.3 Å². The predicted molar refractivity (Wildman–Crippen MR) is 122 cm³/mol. The number of amides is 1. The van der Waals surface area contributed by atoms with Crippen LogP contribution in [0.4, 0.5) is 9.18 Å². The molecule has 1 aliphatic rings. The van der Waals surface area contributed by atoms with Gasteiger partial charge in [-0.1, -0.05) is 60.4 Å². The summed E-state index contributed by atoms with van der Waals surface area (Å²) >= 11 is 0. The molecule has 0 spiro atoms. The molecule has 1 N–H and O–H groups in total. The first-order valence-electron chi connectivity index (χ1n) is 10.6. The monoisotopic (exact) mass is 443 g/mol. The van der Waals surface area contributed by atoms with Crippen LogP contribution in [0.3, 0.4) is 0 Å². The molecular formula is C27H22FNO4. The van der Waals surface area contributed by atoms with Crippen LogP contribution in [0.2, 0.25) is 0 Å². The molecule has 0 unspecified atom stereocenters. The van der Waals surface area contributed by atoms with Crippen molar-refractivity contribution in [1.82, 2.24) is 5.32 Å². The van der Waals surface area contributed by atoms with Gasteiger partial charge in [-0.05, 0) is 47.4 Å². The number of fused-ring (bicyclic) bond motifs is 3. The number of esters is 1. The summed E-state index contributed by atoms with van der Waals surface area (Å²) in [5.74, 6) is 4.30. The van der Waals surface area contributed by atoms with Crippen molar-refractivity contribution in [2.45, 2.75) is 12.8 Å². The standard InChI is InChI=1S/C27H22FNO4/c1-2-32-26(30)20-14-13-19(28)16-18(20)8-7-15-29-27(31)33-17-25-23-11-5-3-9-21(23)22-10-4-6-12-24(22)25/h3-6,9-14,16,25H,2,15,17H2,1H3,(H,29,31). The molecule has 5 nitrogen and oxygen atoms in total. The number of carbonyl (C=O) groups is 2. The van der Waals surface area contributed by atoms with Gasteiger partial charge in [-0.2, -0.15) is 0 Å². The highest BCUT2D eigenvalue weighted by Gasteiger charge is 2.28. The first-order chi connectivity index (χ1) is 16.1. The molecule has 0 fully saturated rings. The van der Waals surface area contributed by atoms with Crippen molar-refractivity contribution in [3.05, 3.63) is 94.8 Å². The largest absolute Gasteiger partial charge is 0.462 e. The van der Waals surface area contributed by atoms with E-state index in [-0.39, 0.29) is 36.8 Å². The third-order valence-corrected chi connectivity index (χ3v) is 5.36. The third-order valence-electron chi connectivity index (χ3n) is 5.36. The SMILES string of the molecule is CCOC(=O)c1ccc(F)cc1C#CCNC(=O)OCC1c2ccccc2-c2ccccc21. The van der Waals surface area contributed by atoms with E-state index in [1.165, 1.54) is 12.1 Å². The molecule has 0 saturated heterocycles. The number of benzene rings is 3. The number of rotatable bonds is 5. The summed E-state index contributed by atoms with van der Waals surface area (Å²) in [5.41, 5.74) is 4.93. The number of halogens is 1. The Morgan fingerprint density at radius 2 is 1.64 bits per heavy atom. The smallest absolute Gasteiger partial charge is 0.407 e. The van der Waals surface area contributed by atoms with Gasteiger partial charge in [-0.3, -0.25) is 0 Å². The Balaban J connectivity index is 1.36. The molecule has 3 aromatic carbocycles. The molecule has 0 radical (unpaired) electrons. The van der Waals surface area contributed by atoms with Crippen molar-refractivity contribution in [3.8, 4) is 23.0 Å². The fourth-order valence-corrected chi connectivity index (χ4v) is 3.91. The normalized spacial score (nSPS) is 11.6. The second-order valence-electron chi connectivity index (χ2n) is 7.39. The zero-order valence-electron chi connectivity index (χ0n) is 18.1. The van der Waals surface area contributed by atoms with E-state index in [1.807, 2.05) is 36.4 Å². The number of carbonyl (C=O) groups excluding carboxylic acids is 2. The Labute approximate surface area is 191 Å². The van der Waals surface area contributed by atoms with Crippen molar-refractivity contribution in [1.29, 1.82) is 0 Å². The van der Waals surface area contributed by atoms with Gasteiger partial charge in [0.2, 0.25) is 0 Å². The first-order valence-corrected chi connectivity index (χ1v) is 10.6. The topological polar surface area (TPSA) is 64.6 Å². The summed E-state index contributed by atoms with van der Waals surface area (Å²) in [6.45, 7) is 2.07. The second kappa shape index (κ2) is 10.0. The van der Waals surface area contributed by atoms with E-state index < -0.39 is 17.9 Å². The summed E-state index contributed by atoms with van der Waals surface area (Å²) in [7, 11) is 0. The average molecular weight is 443 g/mol. The number of nitrogens with one attached hydrogen (secondary N) is 1. The fourth-order valence-electron chi connectivity index (χ4n) is 3.91. The minimum Gasteiger partial charge on any atom is -0.462 e. The Kier molecular flexibility index (Phi) is 6.70. The Hall–Kier alpha value is -4.11. The molecule has 1 amide bonds. The van der Waals surface area contributed by atoms with Crippen molar-refractivity contribution in [3.63, 3.8) is 0 Å². The van der Waals surface area contributed by atoms with Crippen molar-refractivity contribution < 1.29 is 23.5 Å². The lowest BCUT2D eigenvalue weighted by Crippen LogP contribution is -2.26. The predicted octanol–water partition coefficient (Wildman–Crippen LogP) is 4.89. The Morgan fingerprint density at radius 3 is 2.30 bits per heavy atom. The zero-order valence-corrected chi connectivity index (χ0v) is 18.1. The third kappa shape index (κ3) is 4.88. The molecule has 33 heavy (non-hydrogen) atoms. The molecule has 0 saturated carbocycles. The van der Waals surface area contributed by atoms with E-state index >= 15 is 0 Å². The number of ether oxygens (including phenoxy) is 2. The number of hydrogen-bond donors (Lipinski definition) is 1. The molecule has 0 aromatic heterocycles. The first kappa shape index (κ1) is 22.1. The molecule has 4 rings (SSSR count). The quantitative estimate of drug-likeness (QED) is 0.450. The van der Waals surface area contributed by atoms with Crippen molar-refractivity contribution in [2.75, 3.05) is 19.8 Å². The molecule has 166 valence electrons. The lowest BCUT2D eigenvalue weighted by Gasteiger charge is -2.14. The van der Waals surface area contributed by atoms with Crippen molar-refractivity contribution in [2.24, 2.45) is 0 Å². The van der Waals surface area contributed by atoms with Crippen molar-refractivity contribution >= 4 is 12.1 Å². The van der Waals surface area contributed by atoms with Crippen LogP contribution in [0.1, 0.15) is 39.9 Å². The highest BCUT2D eigenvalue weighted by molar-refractivity contribution is 5.92. The van der Waals surface area contributed by atoms with Crippen LogP contribution in [0.25, 0.3) is 11.1 Å².